The number of hydrogen-bond donors (Lipinski definition) is 12. The Morgan fingerprint density at radius 1 is 0.182 bits per heavy atom. The van der Waals surface area contributed by atoms with Crippen molar-refractivity contribution in [1.29, 1.82) is 0 Å². The number of rotatable bonds is 54. The van der Waals surface area contributed by atoms with Crippen molar-refractivity contribution in [3.05, 3.63) is 0 Å². The number of carboxylic acid groups (broad SMARTS) is 18. The summed E-state index contributed by atoms with van der Waals surface area (Å²) >= 11 is 0. The molecule has 99 heavy (non-hydrogen) atoms. The van der Waals surface area contributed by atoms with Gasteiger partial charge in [-0.2, -0.15) is 0 Å². The number of aliphatic carboxylic acids is 18. The van der Waals surface area contributed by atoms with E-state index in [0.29, 0.717) is 0 Å². The topological polar surface area (TPSA) is 827 Å². The fourth-order valence-corrected chi connectivity index (χ4v) is 5.02. The smallest absolute Gasteiger partial charge is 0.548 e. The molecule has 0 aliphatic rings. The van der Waals surface area contributed by atoms with Gasteiger partial charge in [-0.25, -0.2) is 57.5 Å². The van der Waals surface area contributed by atoms with Crippen molar-refractivity contribution in [1.82, 2.24) is 0 Å². The Kier molecular flexibility index (Phi) is 65.6. The Balaban J connectivity index is -0.000000170. The minimum atomic E-state index is -3.39. The quantitative estimate of drug-likeness (QED) is 0.0116. The van der Waals surface area contributed by atoms with Gasteiger partial charge < -0.3 is 192 Å². The fraction of sp³-hybridized carbons (Fsp3) is 0.571. The van der Waals surface area contributed by atoms with E-state index in [0.717, 1.165) is 0 Å². The minimum Gasteiger partial charge on any atom is -0.548 e. The van der Waals surface area contributed by atoms with Gasteiger partial charge in [-0.05, 0) is 0 Å². The summed E-state index contributed by atoms with van der Waals surface area (Å²) in [6, 6.07) is 0. The summed E-state index contributed by atoms with van der Waals surface area (Å²) in [4.78, 5) is 195. The third-order valence-electron chi connectivity index (χ3n) is 8.94. The molecule has 51 nitrogen and oxygen atoms in total. The van der Waals surface area contributed by atoms with E-state index in [9.17, 15) is 117 Å². The summed E-state index contributed by atoms with van der Waals surface area (Å²) in [6.45, 7) is -16.8. The van der Waals surface area contributed by atoms with Crippen LogP contribution in [0.2, 0.25) is 0 Å². The van der Waals surface area contributed by atoms with Crippen LogP contribution in [0.1, 0.15) is 0 Å². The molecule has 57 heteroatoms. The molecule has 0 atom stereocenters. The zero-order chi connectivity index (χ0) is 72.7. The number of carbonyl (C=O) groups is 18. The van der Waals surface area contributed by atoms with Gasteiger partial charge in [0.25, 0.3) is 0 Å². The van der Waals surface area contributed by atoms with Crippen molar-refractivity contribution in [3.8, 4) is 0 Å². The van der Waals surface area contributed by atoms with Gasteiger partial charge in [-0.15, -0.1) is 0 Å². The second-order valence-electron chi connectivity index (χ2n) is 15.3. The average Bonchev–Trinajstić information content (AvgIpc) is 3.43. The molecule has 0 aromatic carbocycles. The van der Waals surface area contributed by atoms with Gasteiger partial charge in [0.1, 0.15) is 0 Å². The van der Waals surface area contributed by atoms with Crippen LogP contribution in [0.25, 0.3) is 0 Å². The van der Waals surface area contributed by atoms with E-state index >= 15 is 0 Å². The molecule has 0 unspecified atom stereocenters. The van der Waals surface area contributed by atoms with Crippen LogP contribution in [-0.2, 0) is 157 Å². The van der Waals surface area contributed by atoms with E-state index in [2.05, 4.69) is 56.8 Å². The van der Waals surface area contributed by atoms with Crippen LogP contribution >= 0.6 is 0 Å². The monoisotopic (exact) mass is 1510 g/mol. The predicted molar refractivity (Wildman–Crippen MR) is 242 cm³/mol. The molecule has 12 N–H and O–H groups in total. The predicted octanol–water partition coefficient (Wildman–Crippen LogP) is -35.1. The maximum atomic E-state index is 11.1. The van der Waals surface area contributed by atoms with Gasteiger partial charge in [0.05, 0.1) is 155 Å². The summed E-state index contributed by atoms with van der Waals surface area (Å²) in [5.41, 5.74) is 0. The third kappa shape index (κ3) is 40.5. The summed E-state index contributed by atoms with van der Waals surface area (Å²) in [5.74, 6) is -58.2. The molecule has 0 aliphatic heterocycles. The van der Waals surface area contributed by atoms with Gasteiger partial charge in [0.2, 0.25) is 0 Å². The number of ether oxygens (including phenoxy) is 15. The van der Waals surface area contributed by atoms with Gasteiger partial charge >= 0.3 is 284 Å². The molecular weight excluding hydrogens is 1460 g/mol. The summed E-state index contributed by atoms with van der Waals surface area (Å²) in [6.07, 6.45) is 0. The van der Waals surface area contributed by atoms with Crippen LogP contribution < -0.4 is 208 Å². The van der Waals surface area contributed by atoms with E-state index in [1.165, 1.54) is 0 Å². The molecule has 0 bridgehead atoms. The van der Waals surface area contributed by atoms with Crippen LogP contribution in [0.3, 0.4) is 0 Å². The molecule has 0 rings (SSSR count). The maximum absolute atomic E-state index is 11.1. The first-order valence-corrected chi connectivity index (χ1v) is 23.3. The SMILES string of the molecule is O=C([O-])COC(OCCOCCOC(OCC(=O)[O-])(C(=O)O)C(=O)O)(C(=O)O)C(=O)O.O=C([O-])COC(OCCOCCOC(OCC(=O)[O-])(C(=O)O)C(=O)O)(C(=O)O)C(=O)O.O=C([O-])COC(OCCOCCOC(OCC(=O)[O-])(C(=O)O)C(=O)O)(C(=O)O)C(=O)O.[Na+].[Na+].[Na+].[Na+].[Na+].[Na+]. The summed E-state index contributed by atoms with van der Waals surface area (Å²) in [5, 5.41) is 170. The van der Waals surface area contributed by atoms with Gasteiger partial charge in [-0.3, -0.25) is 0 Å². The number of hydrogen-bond acceptors (Lipinski definition) is 39. The molecule has 0 fully saturated rings. The first-order valence-electron chi connectivity index (χ1n) is 23.3. The Labute approximate surface area is 680 Å². The Bertz CT molecular complexity index is 2150. The molecule has 0 amide bonds. The molecular formula is C42H48Na6O51. The van der Waals surface area contributed by atoms with Gasteiger partial charge in [-0.1, -0.05) is 0 Å². The average molecular weight is 1510 g/mol. The second kappa shape index (κ2) is 57.3. The first kappa shape index (κ1) is 113. The molecule has 528 valence electrons. The fourth-order valence-electron chi connectivity index (χ4n) is 5.02. The molecule has 0 saturated heterocycles. The molecule has 0 saturated carbocycles. The van der Waals surface area contributed by atoms with E-state index in [4.69, 9.17) is 75.5 Å². The van der Waals surface area contributed by atoms with E-state index in [-0.39, 0.29) is 177 Å². The van der Waals surface area contributed by atoms with Crippen molar-refractivity contribution in [3.63, 3.8) is 0 Å². The van der Waals surface area contributed by atoms with Crippen LogP contribution in [-0.4, -0.2) is 322 Å². The normalized spacial score (nSPS) is 10.9. The van der Waals surface area contributed by atoms with Crippen molar-refractivity contribution < 1.29 is 427 Å². The first-order chi connectivity index (χ1) is 42.9. The van der Waals surface area contributed by atoms with Crippen molar-refractivity contribution >= 4 is 107 Å². The molecule has 0 aromatic heterocycles. The van der Waals surface area contributed by atoms with Gasteiger partial charge in [0.15, 0.2) is 0 Å². The Morgan fingerprint density at radius 2 is 0.273 bits per heavy atom. The summed E-state index contributed by atoms with van der Waals surface area (Å²) < 4.78 is 66.9. The van der Waals surface area contributed by atoms with Crippen molar-refractivity contribution in [2.45, 2.75) is 34.7 Å². The second-order valence-corrected chi connectivity index (χ2v) is 15.3. The molecule has 0 aliphatic carbocycles. The number of carboxylic acids is 18. The van der Waals surface area contributed by atoms with Crippen LogP contribution in [0.4, 0.5) is 0 Å². The van der Waals surface area contributed by atoms with E-state index < -0.39 is 261 Å². The molecule has 0 spiro atoms. The maximum Gasteiger partial charge on any atom is 1.00 e. The van der Waals surface area contributed by atoms with Crippen molar-refractivity contribution in [2.75, 3.05) is 119 Å². The number of carbonyl (C=O) groups excluding carboxylic acids is 6. The Morgan fingerprint density at radius 3 is 0.343 bits per heavy atom. The third-order valence-corrected chi connectivity index (χ3v) is 8.94. The summed E-state index contributed by atoms with van der Waals surface area (Å²) in [7, 11) is 0. The zero-order valence-electron chi connectivity index (χ0n) is 52.0. The van der Waals surface area contributed by atoms with Crippen molar-refractivity contribution in [2.24, 2.45) is 0 Å². The van der Waals surface area contributed by atoms with E-state index in [1.807, 2.05) is 0 Å². The van der Waals surface area contributed by atoms with Crippen LogP contribution in [0.5, 0.6) is 0 Å². The molecule has 0 radical (unpaired) electrons. The largest absolute Gasteiger partial charge is 1.00 e. The standard InChI is InChI=1S/3C14H18O17.6Na/c3*15-7(16)5-30-13(9(19)20,10(21)22)28-3-1-27-2-4-29-14(11(23)24,12(25)26)31-6-8(17)18;;;;;;/h3*1-6H2,(H,15,16)(H,17,18)(H,19,20)(H,21,22)(H,23,24)(H,25,26);;;;;;/q;;;6*+1/p-6. The zero-order valence-corrected chi connectivity index (χ0v) is 64.0. The molecule has 0 aromatic rings. The van der Waals surface area contributed by atoms with E-state index in [1.54, 1.807) is 0 Å². The van der Waals surface area contributed by atoms with Gasteiger partial charge in [0, 0.05) is 0 Å². The molecule has 0 heterocycles. The van der Waals surface area contributed by atoms with Crippen LogP contribution in [0.15, 0.2) is 0 Å². The Hall–Kier alpha value is -4.14. The van der Waals surface area contributed by atoms with Crippen LogP contribution in [0, 0.1) is 0 Å². The minimum absolute atomic E-state index is 0.